The SMILES string of the molecule is CC(C)CCOCCNC(=S)NC1CC1. The highest BCUT2D eigenvalue weighted by atomic mass is 32.1. The van der Waals surface area contributed by atoms with E-state index in [0.717, 1.165) is 37.2 Å². The maximum atomic E-state index is 5.47. The van der Waals surface area contributed by atoms with Gasteiger partial charge in [-0.2, -0.15) is 0 Å². The normalized spacial score (nSPS) is 15.4. The maximum Gasteiger partial charge on any atom is 0.166 e. The highest BCUT2D eigenvalue weighted by molar-refractivity contribution is 7.80. The van der Waals surface area contributed by atoms with E-state index in [1.54, 1.807) is 0 Å². The summed E-state index contributed by atoms with van der Waals surface area (Å²) in [6, 6.07) is 0.631. The van der Waals surface area contributed by atoms with Crippen molar-refractivity contribution < 1.29 is 4.74 Å². The van der Waals surface area contributed by atoms with Crippen LogP contribution in [0.4, 0.5) is 0 Å². The van der Waals surface area contributed by atoms with Gasteiger partial charge >= 0.3 is 0 Å². The summed E-state index contributed by atoms with van der Waals surface area (Å²) in [6.45, 7) is 6.80. The van der Waals surface area contributed by atoms with Crippen molar-refractivity contribution in [3.8, 4) is 0 Å². The lowest BCUT2D eigenvalue weighted by Crippen LogP contribution is -2.38. The molecule has 0 aromatic rings. The van der Waals surface area contributed by atoms with Gasteiger partial charge < -0.3 is 15.4 Å². The average molecular weight is 230 g/mol. The summed E-state index contributed by atoms with van der Waals surface area (Å²) in [5.41, 5.74) is 0. The van der Waals surface area contributed by atoms with Crippen LogP contribution in [-0.4, -0.2) is 30.9 Å². The van der Waals surface area contributed by atoms with Gasteiger partial charge in [0.05, 0.1) is 6.61 Å². The number of nitrogens with one attached hydrogen (secondary N) is 2. The fourth-order valence-electron chi connectivity index (χ4n) is 1.12. The van der Waals surface area contributed by atoms with Gasteiger partial charge in [0.1, 0.15) is 0 Å². The van der Waals surface area contributed by atoms with E-state index in [0.29, 0.717) is 6.04 Å². The van der Waals surface area contributed by atoms with Crippen LogP contribution in [0.2, 0.25) is 0 Å². The van der Waals surface area contributed by atoms with E-state index in [9.17, 15) is 0 Å². The summed E-state index contributed by atoms with van der Waals surface area (Å²) in [5.74, 6) is 0.718. The van der Waals surface area contributed by atoms with Crippen molar-refractivity contribution in [2.75, 3.05) is 19.8 Å². The topological polar surface area (TPSA) is 33.3 Å². The molecule has 0 aliphatic heterocycles. The molecule has 2 N–H and O–H groups in total. The largest absolute Gasteiger partial charge is 0.380 e. The molecular formula is C11H22N2OS. The molecule has 1 aliphatic rings. The van der Waals surface area contributed by atoms with Crippen LogP contribution in [0.15, 0.2) is 0 Å². The van der Waals surface area contributed by atoms with E-state index >= 15 is 0 Å². The fourth-order valence-corrected chi connectivity index (χ4v) is 1.39. The van der Waals surface area contributed by atoms with Crippen molar-refractivity contribution in [1.82, 2.24) is 10.6 Å². The van der Waals surface area contributed by atoms with Gasteiger partial charge in [-0.15, -0.1) is 0 Å². The van der Waals surface area contributed by atoms with Gasteiger partial charge in [0.25, 0.3) is 0 Å². The lowest BCUT2D eigenvalue weighted by molar-refractivity contribution is 0.128. The van der Waals surface area contributed by atoms with Crippen molar-refractivity contribution in [3.05, 3.63) is 0 Å². The highest BCUT2D eigenvalue weighted by Gasteiger charge is 2.21. The molecule has 4 heteroatoms. The molecule has 0 radical (unpaired) electrons. The Balaban J connectivity index is 1.81. The van der Waals surface area contributed by atoms with E-state index < -0.39 is 0 Å². The second kappa shape index (κ2) is 7.01. The number of hydrogen-bond donors (Lipinski definition) is 2. The number of ether oxygens (including phenoxy) is 1. The van der Waals surface area contributed by atoms with Gasteiger partial charge in [-0.05, 0) is 37.4 Å². The molecular weight excluding hydrogens is 208 g/mol. The lowest BCUT2D eigenvalue weighted by Gasteiger charge is -2.10. The van der Waals surface area contributed by atoms with E-state index in [2.05, 4.69) is 24.5 Å². The second-order valence-electron chi connectivity index (χ2n) is 4.47. The van der Waals surface area contributed by atoms with Crippen LogP contribution in [0.1, 0.15) is 33.1 Å². The molecule has 88 valence electrons. The Morgan fingerprint density at radius 2 is 2.13 bits per heavy atom. The maximum absolute atomic E-state index is 5.47. The first-order valence-electron chi connectivity index (χ1n) is 5.80. The lowest BCUT2D eigenvalue weighted by atomic mass is 10.1. The zero-order chi connectivity index (χ0) is 11.1. The van der Waals surface area contributed by atoms with E-state index in [-0.39, 0.29) is 0 Å². The molecule has 0 aromatic heterocycles. The molecule has 1 fully saturated rings. The summed E-state index contributed by atoms with van der Waals surface area (Å²) in [6.07, 6.45) is 3.64. The number of rotatable bonds is 7. The molecule has 1 rings (SSSR count). The molecule has 0 saturated heterocycles. The predicted octanol–water partition coefficient (Wildman–Crippen LogP) is 1.68. The van der Waals surface area contributed by atoms with Gasteiger partial charge in [-0.1, -0.05) is 13.8 Å². The Kier molecular flexibility index (Phi) is 5.95. The van der Waals surface area contributed by atoms with Crippen LogP contribution in [0.5, 0.6) is 0 Å². The zero-order valence-electron chi connectivity index (χ0n) is 9.71. The molecule has 0 atom stereocenters. The Labute approximate surface area is 98.0 Å². The van der Waals surface area contributed by atoms with E-state index in [1.165, 1.54) is 12.8 Å². The standard InChI is InChI=1S/C11H22N2OS/c1-9(2)5-7-14-8-6-12-11(15)13-10-3-4-10/h9-10H,3-8H2,1-2H3,(H2,12,13,15). The molecule has 3 nitrogen and oxygen atoms in total. The first-order chi connectivity index (χ1) is 7.18. The van der Waals surface area contributed by atoms with Crippen molar-refractivity contribution >= 4 is 17.3 Å². The molecule has 0 bridgehead atoms. The van der Waals surface area contributed by atoms with Crippen LogP contribution < -0.4 is 10.6 Å². The Morgan fingerprint density at radius 1 is 1.40 bits per heavy atom. The van der Waals surface area contributed by atoms with Gasteiger partial charge in [0.2, 0.25) is 0 Å². The third kappa shape index (κ3) is 7.56. The molecule has 1 saturated carbocycles. The average Bonchev–Trinajstić information content (AvgIpc) is 2.94. The van der Waals surface area contributed by atoms with Crippen LogP contribution in [0.25, 0.3) is 0 Å². The van der Waals surface area contributed by atoms with Gasteiger partial charge in [0.15, 0.2) is 5.11 Å². The van der Waals surface area contributed by atoms with Crippen LogP contribution >= 0.6 is 12.2 Å². The minimum Gasteiger partial charge on any atom is -0.380 e. The van der Waals surface area contributed by atoms with Crippen LogP contribution in [0.3, 0.4) is 0 Å². The van der Waals surface area contributed by atoms with E-state index in [1.807, 2.05) is 0 Å². The monoisotopic (exact) mass is 230 g/mol. The van der Waals surface area contributed by atoms with Crippen molar-refractivity contribution in [1.29, 1.82) is 0 Å². The predicted molar refractivity (Wildman–Crippen MR) is 67.0 cm³/mol. The second-order valence-corrected chi connectivity index (χ2v) is 4.88. The third-order valence-electron chi connectivity index (χ3n) is 2.28. The summed E-state index contributed by atoms with van der Waals surface area (Å²) in [4.78, 5) is 0. The van der Waals surface area contributed by atoms with Crippen molar-refractivity contribution in [2.45, 2.75) is 39.2 Å². The van der Waals surface area contributed by atoms with Gasteiger partial charge in [0, 0.05) is 19.2 Å². The van der Waals surface area contributed by atoms with Crippen LogP contribution in [-0.2, 0) is 4.74 Å². The smallest absolute Gasteiger partial charge is 0.166 e. The molecule has 0 heterocycles. The van der Waals surface area contributed by atoms with Gasteiger partial charge in [-0.25, -0.2) is 0 Å². The molecule has 0 amide bonds. The summed E-state index contributed by atoms with van der Waals surface area (Å²) in [7, 11) is 0. The van der Waals surface area contributed by atoms with E-state index in [4.69, 9.17) is 17.0 Å². The molecule has 0 unspecified atom stereocenters. The van der Waals surface area contributed by atoms with Crippen LogP contribution in [0, 0.1) is 5.92 Å². The summed E-state index contributed by atoms with van der Waals surface area (Å²) >= 11 is 5.11. The quantitative estimate of drug-likeness (QED) is 0.515. The number of hydrogen-bond acceptors (Lipinski definition) is 2. The minimum absolute atomic E-state index is 0.631. The Morgan fingerprint density at radius 3 is 2.73 bits per heavy atom. The first kappa shape index (κ1) is 12.7. The highest BCUT2D eigenvalue weighted by Crippen LogP contribution is 2.18. The first-order valence-corrected chi connectivity index (χ1v) is 6.21. The Bertz CT molecular complexity index is 193. The number of thiocarbonyl (C=S) groups is 1. The third-order valence-corrected chi connectivity index (χ3v) is 2.55. The Hall–Kier alpha value is -0.350. The minimum atomic E-state index is 0.631. The summed E-state index contributed by atoms with van der Waals surface area (Å²) < 4.78 is 5.47. The zero-order valence-corrected chi connectivity index (χ0v) is 10.5. The van der Waals surface area contributed by atoms with Crippen molar-refractivity contribution in [2.24, 2.45) is 5.92 Å². The summed E-state index contributed by atoms with van der Waals surface area (Å²) in [5, 5.41) is 7.13. The molecule has 1 aliphatic carbocycles. The fraction of sp³-hybridized carbons (Fsp3) is 0.909. The molecule has 15 heavy (non-hydrogen) atoms. The van der Waals surface area contributed by atoms with Crippen molar-refractivity contribution in [3.63, 3.8) is 0 Å². The van der Waals surface area contributed by atoms with Gasteiger partial charge in [-0.3, -0.25) is 0 Å². The molecule has 0 spiro atoms. The molecule has 0 aromatic carbocycles.